The van der Waals surface area contributed by atoms with Crippen LogP contribution in [0.3, 0.4) is 0 Å². The minimum Gasteiger partial charge on any atom is -0.485 e. The quantitative estimate of drug-likeness (QED) is 0.410. The van der Waals surface area contributed by atoms with Crippen LogP contribution in [0.15, 0.2) is 33.7 Å². The molecule has 4 nitrogen and oxygen atoms in total. The molecule has 0 radical (unpaired) electrons. The summed E-state index contributed by atoms with van der Waals surface area (Å²) in [6.07, 6.45) is 9.99. The molecule has 1 aliphatic heterocycles. The highest BCUT2D eigenvalue weighted by Gasteiger charge is 2.31. The number of rotatable bonds is 9. The number of hydrogen-bond acceptors (Lipinski definition) is 4. The molecule has 1 aromatic carbocycles. The lowest BCUT2D eigenvalue weighted by Crippen LogP contribution is -2.25. The largest absolute Gasteiger partial charge is 0.485 e. The zero-order valence-electron chi connectivity index (χ0n) is 16.3. The Labute approximate surface area is 160 Å². The highest BCUT2D eigenvalue weighted by atomic mass is 16.5. The molecule has 0 bridgehead atoms. The van der Waals surface area contributed by atoms with E-state index in [4.69, 9.17) is 9.15 Å². The molecule has 0 spiro atoms. The van der Waals surface area contributed by atoms with Crippen LogP contribution in [0.1, 0.15) is 86.4 Å². The average molecular weight is 368 g/mol. The van der Waals surface area contributed by atoms with Gasteiger partial charge in [-0.3, -0.25) is 9.59 Å². The highest BCUT2D eigenvalue weighted by molar-refractivity contribution is 5.78. The summed E-state index contributed by atoms with van der Waals surface area (Å²) in [4.78, 5) is 24.0. The van der Waals surface area contributed by atoms with Gasteiger partial charge in [-0.15, -0.1) is 0 Å². The summed E-state index contributed by atoms with van der Waals surface area (Å²) >= 11 is 0. The van der Waals surface area contributed by atoms with E-state index < -0.39 is 0 Å². The molecular weight excluding hydrogens is 340 g/mol. The fourth-order valence-corrected chi connectivity index (χ4v) is 3.65. The molecule has 2 aromatic rings. The first kappa shape index (κ1) is 19.4. The number of fused-ring (bicyclic) bond motifs is 3. The van der Waals surface area contributed by atoms with Crippen molar-refractivity contribution in [1.82, 2.24) is 0 Å². The van der Waals surface area contributed by atoms with Crippen molar-refractivity contribution >= 4 is 6.29 Å². The van der Waals surface area contributed by atoms with Crippen molar-refractivity contribution in [1.29, 1.82) is 0 Å². The summed E-state index contributed by atoms with van der Waals surface area (Å²) in [7, 11) is 0. The van der Waals surface area contributed by atoms with Gasteiger partial charge in [0.25, 0.3) is 0 Å². The summed E-state index contributed by atoms with van der Waals surface area (Å²) in [6.45, 7) is 4.31. The number of carbonyl (C=O) groups excluding carboxylic acids is 1. The van der Waals surface area contributed by atoms with E-state index >= 15 is 0 Å². The third kappa shape index (κ3) is 4.15. The molecule has 1 atom stereocenters. The SMILES string of the molecule is CCCCCCc1ccc2c(c1)-c1occ(C=O)c(=O)c1C(CCCC)O2. The lowest BCUT2D eigenvalue weighted by molar-refractivity contribution is 0.111. The Morgan fingerprint density at radius 2 is 1.89 bits per heavy atom. The molecule has 27 heavy (non-hydrogen) atoms. The zero-order chi connectivity index (χ0) is 19.2. The zero-order valence-corrected chi connectivity index (χ0v) is 16.3. The Hall–Kier alpha value is -2.36. The number of aryl methyl sites for hydroxylation is 1. The van der Waals surface area contributed by atoms with E-state index in [-0.39, 0.29) is 17.1 Å². The maximum Gasteiger partial charge on any atom is 0.202 e. The second kappa shape index (κ2) is 9.03. The molecule has 144 valence electrons. The molecular formula is C23H28O4. The number of hydrogen-bond donors (Lipinski definition) is 0. The third-order valence-electron chi connectivity index (χ3n) is 5.20. The maximum absolute atomic E-state index is 12.8. The van der Waals surface area contributed by atoms with Crippen LogP contribution < -0.4 is 10.2 Å². The number of benzene rings is 1. The standard InChI is InChI=1S/C23H28O4/c1-3-5-7-8-9-16-11-12-19-18(13-16)23-21(20(27-19)10-6-4-2)22(25)17(14-24)15-26-23/h11-15,20H,3-10H2,1-2H3. The van der Waals surface area contributed by atoms with Crippen LogP contribution >= 0.6 is 0 Å². The predicted molar refractivity (Wildman–Crippen MR) is 107 cm³/mol. The van der Waals surface area contributed by atoms with Crippen molar-refractivity contribution in [3.05, 3.63) is 51.4 Å². The first-order chi connectivity index (χ1) is 13.2. The number of ether oxygens (including phenoxy) is 1. The minimum atomic E-state index is -0.362. The van der Waals surface area contributed by atoms with E-state index in [0.717, 1.165) is 43.4 Å². The lowest BCUT2D eigenvalue weighted by atomic mass is 9.93. The molecule has 0 saturated carbocycles. The molecule has 1 aromatic heterocycles. The number of unbranched alkanes of at least 4 members (excludes halogenated alkanes) is 4. The van der Waals surface area contributed by atoms with Crippen molar-refractivity contribution in [2.24, 2.45) is 0 Å². The van der Waals surface area contributed by atoms with Gasteiger partial charge in [0.2, 0.25) is 5.43 Å². The topological polar surface area (TPSA) is 56.5 Å². The van der Waals surface area contributed by atoms with Gasteiger partial charge in [-0.05, 0) is 43.4 Å². The first-order valence-electron chi connectivity index (χ1n) is 10.1. The maximum atomic E-state index is 12.8. The van der Waals surface area contributed by atoms with Crippen molar-refractivity contribution in [3.8, 4) is 17.1 Å². The summed E-state index contributed by atoms with van der Waals surface area (Å²) < 4.78 is 11.9. The fraction of sp³-hybridized carbons (Fsp3) is 0.478. The van der Waals surface area contributed by atoms with E-state index in [1.165, 1.54) is 31.1 Å². The Kier molecular flexibility index (Phi) is 6.49. The molecule has 0 saturated heterocycles. The van der Waals surface area contributed by atoms with Crippen LogP contribution in [0, 0.1) is 0 Å². The summed E-state index contributed by atoms with van der Waals surface area (Å²) in [6, 6.07) is 6.16. The Balaban J connectivity index is 1.98. The van der Waals surface area contributed by atoms with E-state index in [1.807, 2.05) is 6.07 Å². The summed E-state index contributed by atoms with van der Waals surface area (Å²) in [5.74, 6) is 1.31. The van der Waals surface area contributed by atoms with Crippen LogP contribution in [0.5, 0.6) is 5.75 Å². The molecule has 1 unspecified atom stereocenters. The van der Waals surface area contributed by atoms with E-state index in [2.05, 4.69) is 26.0 Å². The van der Waals surface area contributed by atoms with Crippen molar-refractivity contribution in [2.45, 2.75) is 71.3 Å². The second-order valence-electron chi connectivity index (χ2n) is 7.27. The summed E-state index contributed by atoms with van der Waals surface area (Å²) in [5, 5.41) is 0. The van der Waals surface area contributed by atoms with Crippen LogP contribution in [0.2, 0.25) is 0 Å². The number of aldehydes is 1. The Morgan fingerprint density at radius 1 is 1.07 bits per heavy atom. The smallest absolute Gasteiger partial charge is 0.202 e. The third-order valence-corrected chi connectivity index (χ3v) is 5.20. The normalized spacial score (nSPS) is 15.0. The van der Waals surface area contributed by atoms with Gasteiger partial charge in [-0.2, -0.15) is 0 Å². The van der Waals surface area contributed by atoms with Gasteiger partial charge in [-0.1, -0.05) is 45.6 Å². The lowest BCUT2D eigenvalue weighted by Gasteiger charge is -2.27. The van der Waals surface area contributed by atoms with Gasteiger partial charge in [0.1, 0.15) is 23.9 Å². The molecule has 2 heterocycles. The van der Waals surface area contributed by atoms with Crippen LogP contribution in [0.25, 0.3) is 11.3 Å². The Morgan fingerprint density at radius 3 is 2.63 bits per heavy atom. The monoisotopic (exact) mass is 368 g/mol. The molecule has 0 N–H and O–H groups in total. The van der Waals surface area contributed by atoms with E-state index in [1.54, 1.807) is 0 Å². The van der Waals surface area contributed by atoms with Gasteiger partial charge in [-0.25, -0.2) is 0 Å². The van der Waals surface area contributed by atoms with E-state index in [0.29, 0.717) is 17.6 Å². The first-order valence-corrected chi connectivity index (χ1v) is 10.1. The van der Waals surface area contributed by atoms with Gasteiger partial charge in [0.15, 0.2) is 6.29 Å². The van der Waals surface area contributed by atoms with Gasteiger partial charge in [0.05, 0.1) is 16.7 Å². The fourth-order valence-electron chi connectivity index (χ4n) is 3.65. The molecule has 3 rings (SSSR count). The molecule has 4 heteroatoms. The molecule has 0 amide bonds. The molecule has 0 fully saturated rings. The number of carbonyl (C=O) groups is 1. The van der Waals surface area contributed by atoms with Gasteiger partial charge in [0, 0.05) is 0 Å². The molecule has 0 aliphatic carbocycles. The Bertz CT molecular complexity index is 850. The highest BCUT2D eigenvalue weighted by Crippen LogP contribution is 2.43. The second-order valence-corrected chi connectivity index (χ2v) is 7.27. The van der Waals surface area contributed by atoms with Gasteiger partial charge >= 0.3 is 0 Å². The van der Waals surface area contributed by atoms with Gasteiger partial charge < -0.3 is 9.15 Å². The summed E-state index contributed by atoms with van der Waals surface area (Å²) in [5.41, 5.74) is 2.31. The van der Waals surface area contributed by atoms with Crippen LogP contribution in [0.4, 0.5) is 0 Å². The van der Waals surface area contributed by atoms with Crippen LogP contribution in [-0.2, 0) is 6.42 Å². The minimum absolute atomic E-state index is 0.0537. The van der Waals surface area contributed by atoms with Crippen molar-refractivity contribution in [3.63, 3.8) is 0 Å². The van der Waals surface area contributed by atoms with Crippen LogP contribution in [-0.4, -0.2) is 6.29 Å². The molecule has 1 aliphatic rings. The van der Waals surface area contributed by atoms with Crippen molar-refractivity contribution < 1.29 is 13.9 Å². The van der Waals surface area contributed by atoms with E-state index in [9.17, 15) is 9.59 Å². The van der Waals surface area contributed by atoms with Crippen molar-refractivity contribution in [2.75, 3.05) is 0 Å². The predicted octanol–water partition coefficient (Wildman–Crippen LogP) is 5.87. The average Bonchev–Trinajstić information content (AvgIpc) is 2.69.